The van der Waals surface area contributed by atoms with Gasteiger partial charge < -0.3 is 5.32 Å². The van der Waals surface area contributed by atoms with Crippen molar-refractivity contribution in [3.8, 4) is 0 Å². The Balaban J connectivity index is 1.51. The number of amides is 1. The number of carbonyl (C=O) groups excluding carboxylic acids is 1. The molecule has 3 aromatic rings. The average molecular weight is 425 g/mol. The van der Waals surface area contributed by atoms with Crippen LogP contribution in [0.2, 0.25) is 0 Å². The van der Waals surface area contributed by atoms with E-state index in [1.165, 1.54) is 22.0 Å². The number of rotatable bonds is 6. The van der Waals surface area contributed by atoms with E-state index in [4.69, 9.17) is 0 Å². The van der Waals surface area contributed by atoms with Gasteiger partial charge in [-0.25, -0.2) is 13.1 Å². The molecule has 30 heavy (non-hydrogen) atoms. The van der Waals surface area contributed by atoms with Crippen LogP contribution in [-0.2, 0) is 16.6 Å². The molecule has 1 amide bonds. The maximum Gasteiger partial charge on any atom is 0.256 e. The lowest BCUT2D eigenvalue weighted by Gasteiger charge is -2.16. The standard InChI is InChI=1S/C22H24N4O3S/c1-17-7-9-18(10-8-17)16-26-21(11-12-23-26)24-22(27)19-5-4-6-20(15-19)30(28,29)25-13-2-3-14-25/h4-12,15H,2-3,13-14,16H2,1H3,(H,24,27). The van der Waals surface area contributed by atoms with Crippen molar-refractivity contribution in [2.75, 3.05) is 18.4 Å². The van der Waals surface area contributed by atoms with Gasteiger partial charge in [0.2, 0.25) is 10.0 Å². The highest BCUT2D eigenvalue weighted by molar-refractivity contribution is 7.89. The van der Waals surface area contributed by atoms with E-state index in [0.29, 0.717) is 31.0 Å². The molecule has 1 N–H and O–H groups in total. The number of hydrogen-bond acceptors (Lipinski definition) is 4. The number of aromatic nitrogens is 2. The number of sulfonamides is 1. The molecule has 7 nitrogen and oxygen atoms in total. The minimum absolute atomic E-state index is 0.144. The van der Waals surface area contributed by atoms with E-state index in [1.807, 2.05) is 31.2 Å². The molecule has 0 bridgehead atoms. The monoisotopic (exact) mass is 424 g/mol. The summed E-state index contributed by atoms with van der Waals surface area (Å²) in [6.07, 6.45) is 3.35. The molecular weight excluding hydrogens is 400 g/mol. The van der Waals surface area contributed by atoms with Crippen molar-refractivity contribution in [3.05, 3.63) is 77.5 Å². The van der Waals surface area contributed by atoms with Gasteiger partial charge in [-0.05, 0) is 43.5 Å². The van der Waals surface area contributed by atoms with Crippen LogP contribution in [0.25, 0.3) is 0 Å². The Kier molecular flexibility index (Phi) is 5.69. The normalized spacial score (nSPS) is 14.7. The molecule has 1 saturated heterocycles. The second kappa shape index (κ2) is 8.41. The van der Waals surface area contributed by atoms with Crippen LogP contribution in [0.3, 0.4) is 0 Å². The SMILES string of the molecule is Cc1ccc(Cn2nccc2NC(=O)c2cccc(S(=O)(=O)N3CCCC3)c2)cc1. The van der Waals surface area contributed by atoms with Gasteiger partial charge >= 0.3 is 0 Å². The third-order valence-electron chi connectivity index (χ3n) is 5.21. The summed E-state index contributed by atoms with van der Waals surface area (Å²) < 4.78 is 28.7. The number of hydrogen-bond donors (Lipinski definition) is 1. The molecule has 0 saturated carbocycles. The Morgan fingerprint density at radius 1 is 1.07 bits per heavy atom. The summed E-state index contributed by atoms with van der Waals surface area (Å²) in [5, 5.41) is 7.13. The number of anilines is 1. The van der Waals surface area contributed by atoms with Crippen LogP contribution in [-0.4, -0.2) is 41.5 Å². The van der Waals surface area contributed by atoms with Crippen molar-refractivity contribution in [2.24, 2.45) is 0 Å². The fourth-order valence-corrected chi connectivity index (χ4v) is 5.06. The summed E-state index contributed by atoms with van der Waals surface area (Å²) in [6, 6.07) is 16.0. The number of nitrogens with zero attached hydrogens (tertiary/aromatic N) is 3. The van der Waals surface area contributed by atoms with Crippen LogP contribution >= 0.6 is 0 Å². The Hall–Kier alpha value is -2.97. The smallest absolute Gasteiger partial charge is 0.256 e. The van der Waals surface area contributed by atoms with Gasteiger partial charge in [0.25, 0.3) is 5.91 Å². The Bertz CT molecular complexity index is 1150. The van der Waals surface area contributed by atoms with Gasteiger partial charge in [-0.3, -0.25) is 4.79 Å². The first-order valence-corrected chi connectivity index (χ1v) is 11.4. The fraction of sp³-hybridized carbons (Fsp3) is 0.273. The number of nitrogens with one attached hydrogen (secondary N) is 1. The summed E-state index contributed by atoms with van der Waals surface area (Å²) in [5.41, 5.74) is 2.54. The molecule has 156 valence electrons. The lowest BCUT2D eigenvalue weighted by atomic mass is 10.1. The predicted octanol–water partition coefficient (Wildman–Crippen LogP) is 3.28. The maximum atomic E-state index is 12.8. The van der Waals surface area contributed by atoms with Crippen molar-refractivity contribution in [2.45, 2.75) is 31.2 Å². The number of aryl methyl sites for hydroxylation is 1. The second-order valence-electron chi connectivity index (χ2n) is 7.45. The first-order chi connectivity index (χ1) is 14.4. The summed E-state index contributed by atoms with van der Waals surface area (Å²) in [4.78, 5) is 12.9. The third kappa shape index (κ3) is 4.29. The molecule has 0 aliphatic carbocycles. The van der Waals surface area contributed by atoms with Gasteiger partial charge in [-0.2, -0.15) is 9.40 Å². The summed E-state index contributed by atoms with van der Waals surface area (Å²) in [6.45, 7) is 3.60. The van der Waals surface area contributed by atoms with Gasteiger partial charge in [0.15, 0.2) is 0 Å². The van der Waals surface area contributed by atoms with E-state index >= 15 is 0 Å². The number of carbonyl (C=O) groups is 1. The van der Waals surface area contributed by atoms with Crippen molar-refractivity contribution in [1.29, 1.82) is 0 Å². The quantitative estimate of drug-likeness (QED) is 0.658. The molecule has 4 rings (SSSR count). The lowest BCUT2D eigenvalue weighted by molar-refractivity contribution is 0.102. The molecule has 1 aliphatic heterocycles. The second-order valence-corrected chi connectivity index (χ2v) is 9.39. The first-order valence-electron chi connectivity index (χ1n) is 9.92. The van der Waals surface area contributed by atoms with E-state index < -0.39 is 10.0 Å². The van der Waals surface area contributed by atoms with E-state index in [9.17, 15) is 13.2 Å². The van der Waals surface area contributed by atoms with Crippen LogP contribution in [0.5, 0.6) is 0 Å². The first kappa shape index (κ1) is 20.3. The van der Waals surface area contributed by atoms with E-state index in [1.54, 1.807) is 29.1 Å². The third-order valence-corrected chi connectivity index (χ3v) is 7.10. The molecule has 1 aliphatic rings. The minimum atomic E-state index is -3.57. The van der Waals surface area contributed by atoms with Crippen molar-refractivity contribution < 1.29 is 13.2 Å². The fourth-order valence-electron chi connectivity index (χ4n) is 3.50. The van der Waals surface area contributed by atoms with Crippen LogP contribution < -0.4 is 5.32 Å². The van der Waals surface area contributed by atoms with Crippen molar-refractivity contribution in [3.63, 3.8) is 0 Å². The average Bonchev–Trinajstić information content (AvgIpc) is 3.43. The highest BCUT2D eigenvalue weighted by atomic mass is 32.2. The zero-order valence-electron chi connectivity index (χ0n) is 16.8. The van der Waals surface area contributed by atoms with Gasteiger partial charge in [0.1, 0.15) is 5.82 Å². The van der Waals surface area contributed by atoms with Gasteiger partial charge in [-0.15, -0.1) is 0 Å². The zero-order valence-corrected chi connectivity index (χ0v) is 17.6. The highest BCUT2D eigenvalue weighted by Crippen LogP contribution is 2.22. The lowest BCUT2D eigenvalue weighted by Crippen LogP contribution is -2.28. The van der Waals surface area contributed by atoms with Gasteiger partial charge in [-0.1, -0.05) is 35.9 Å². The van der Waals surface area contributed by atoms with Crippen molar-refractivity contribution in [1.82, 2.24) is 14.1 Å². The molecule has 0 unspecified atom stereocenters. The largest absolute Gasteiger partial charge is 0.307 e. The number of benzene rings is 2. The molecule has 0 atom stereocenters. The van der Waals surface area contributed by atoms with Gasteiger partial charge in [0.05, 0.1) is 17.6 Å². The van der Waals surface area contributed by atoms with Crippen LogP contribution in [0.4, 0.5) is 5.82 Å². The zero-order chi connectivity index (χ0) is 21.1. The summed E-state index contributed by atoms with van der Waals surface area (Å²) in [5.74, 6) is 0.174. The molecule has 8 heteroatoms. The predicted molar refractivity (Wildman–Crippen MR) is 115 cm³/mol. The van der Waals surface area contributed by atoms with E-state index in [0.717, 1.165) is 18.4 Å². The minimum Gasteiger partial charge on any atom is -0.307 e. The molecule has 1 aromatic heterocycles. The molecule has 0 spiro atoms. The van der Waals surface area contributed by atoms with Crippen molar-refractivity contribution >= 4 is 21.7 Å². The van der Waals surface area contributed by atoms with E-state index in [-0.39, 0.29) is 10.8 Å². The molecule has 2 heterocycles. The summed E-state index contributed by atoms with van der Waals surface area (Å²) >= 11 is 0. The van der Waals surface area contributed by atoms with Crippen LogP contribution in [0, 0.1) is 6.92 Å². The van der Waals surface area contributed by atoms with Crippen LogP contribution in [0.15, 0.2) is 65.7 Å². The Morgan fingerprint density at radius 3 is 2.53 bits per heavy atom. The van der Waals surface area contributed by atoms with Gasteiger partial charge in [0, 0.05) is 24.7 Å². The summed E-state index contributed by atoms with van der Waals surface area (Å²) in [7, 11) is -3.57. The molecule has 2 aromatic carbocycles. The van der Waals surface area contributed by atoms with E-state index in [2.05, 4.69) is 10.4 Å². The molecule has 0 radical (unpaired) electrons. The highest BCUT2D eigenvalue weighted by Gasteiger charge is 2.27. The Labute approximate surface area is 176 Å². The topological polar surface area (TPSA) is 84.3 Å². The maximum absolute atomic E-state index is 12.8. The Morgan fingerprint density at radius 2 is 1.80 bits per heavy atom. The molecular formula is C22H24N4O3S. The molecule has 1 fully saturated rings. The van der Waals surface area contributed by atoms with Crippen LogP contribution in [0.1, 0.15) is 34.3 Å².